The number of rotatable bonds is 7. The van der Waals surface area contributed by atoms with E-state index in [4.69, 9.17) is 26.1 Å². The first-order chi connectivity index (χ1) is 17.5. The van der Waals surface area contributed by atoms with E-state index >= 15 is 0 Å². The van der Waals surface area contributed by atoms with Crippen molar-refractivity contribution in [3.63, 3.8) is 0 Å². The zero-order valence-corrected chi connectivity index (χ0v) is 20.9. The molecule has 0 unspecified atom stereocenters. The Kier molecular flexibility index (Phi) is 6.58. The molecule has 1 amide bonds. The molecule has 10 heteroatoms. The van der Waals surface area contributed by atoms with Gasteiger partial charge in [0.2, 0.25) is 5.91 Å². The smallest absolute Gasteiger partial charge is 0.283 e. The number of amides is 1. The van der Waals surface area contributed by atoms with Crippen molar-refractivity contribution in [3.05, 3.63) is 82.1 Å². The van der Waals surface area contributed by atoms with Gasteiger partial charge in [-0.3, -0.25) is 9.59 Å². The number of hydrogen-bond acceptors (Lipinski definition) is 6. The Bertz CT molecular complexity index is 1660. The standard InChI is InChI=1S/C26H21ClN4O4S/c1-34-20-12-11-15(27)13-18(20)28-22(32)14-36-26-30-23-16-7-3-4-8-17(16)29-24(23)25(33)31(26)19-9-5-6-10-21(19)35-2/h3-13,29H,14H2,1-2H3,(H,28,32). The van der Waals surface area contributed by atoms with Gasteiger partial charge in [-0.15, -0.1) is 0 Å². The van der Waals surface area contributed by atoms with Gasteiger partial charge in [-0.1, -0.05) is 53.7 Å². The van der Waals surface area contributed by atoms with Gasteiger partial charge in [0.25, 0.3) is 5.56 Å². The lowest BCUT2D eigenvalue weighted by Gasteiger charge is -2.15. The van der Waals surface area contributed by atoms with Crippen LogP contribution in [-0.4, -0.2) is 40.4 Å². The molecule has 0 fully saturated rings. The molecule has 2 aromatic heterocycles. The summed E-state index contributed by atoms with van der Waals surface area (Å²) >= 11 is 7.23. The highest BCUT2D eigenvalue weighted by atomic mass is 35.5. The highest BCUT2D eigenvalue weighted by Gasteiger charge is 2.20. The van der Waals surface area contributed by atoms with Crippen molar-refractivity contribution >= 4 is 56.9 Å². The second-order valence-corrected chi connectivity index (χ2v) is 9.16. The van der Waals surface area contributed by atoms with Crippen LogP contribution in [0.2, 0.25) is 5.02 Å². The number of carbonyl (C=O) groups is 1. The maximum Gasteiger partial charge on any atom is 0.283 e. The summed E-state index contributed by atoms with van der Waals surface area (Å²) in [5.74, 6) is 0.680. The van der Waals surface area contributed by atoms with Crippen LogP contribution < -0.4 is 20.3 Å². The van der Waals surface area contributed by atoms with Crippen LogP contribution in [0.3, 0.4) is 0 Å². The maximum absolute atomic E-state index is 13.7. The number of aromatic amines is 1. The van der Waals surface area contributed by atoms with E-state index in [9.17, 15) is 9.59 Å². The van der Waals surface area contributed by atoms with Crippen LogP contribution in [0.15, 0.2) is 76.7 Å². The number of aromatic nitrogens is 3. The van der Waals surface area contributed by atoms with Crippen LogP contribution in [0.25, 0.3) is 27.6 Å². The van der Waals surface area contributed by atoms with Crippen molar-refractivity contribution in [1.82, 2.24) is 14.5 Å². The average Bonchev–Trinajstić information content (AvgIpc) is 3.27. The number of nitrogens with one attached hydrogen (secondary N) is 2. The molecule has 0 atom stereocenters. The minimum Gasteiger partial charge on any atom is -0.495 e. The Morgan fingerprint density at radius 2 is 1.81 bits per heavy atom. The Labute approximate surface area is 215 Å². The van der Waals surface area contributed by atoms with Gasteiger partial charge < -0.3 is 19.8 Å². The molecule has 2 heterocycles. The lowest BCUT2D eigenvalue weighted by Crippen LogP contribution is -2.23. The molecule has 0 saturated heterocycles. The van der Waals surface area contributed by atoms with Gasteiger partial charge in [-0.05, 0) is 36.4 Å². The number of anilines is 1. The van der Waals surface area contributed by atoms with Gasteiger partial charge in [-0.2, -0.15) is 0 Å². The first-order valence-electron chi connectivity index (χ1n) is 10.9. The Balaban J connectivity index is 1.57. The van der Waals surface area contributed by atoms with Crippen LogP contribution in [0.5, 0.6) is 11.5 Å². The molecule has 0 aliphatic carbocycles. The number of carbonyl (C=O) groups excluding carboxylic acids is 1. The number of fused-ring (bicyclic) bond motifs is 3. The number of ether oxygens (including phenoxy) is 2. The molecule has 182 valence electrons. The lowest BCUT2D eigenvalue weighted by molar-refractivity contribution is -0.113. The third kappa shape index (κ3) is 4.38. The fraction of sp³-hybridized carbons (Fsp3) is 0.115. The van der Waals surface area contributed by atoms with Crippen molar-refractivity contribution in [2.24, 2.45) is 0 Å². The van der Waals surface area contributed by atoms with E-state index in [0.29, 0.717) is 44.1 Å². The van der Waals surface area contributed by atoms with Crippen molar-refractivity contribution in [2.75, 3.05) is 25.3 Å². The van der Waals surface area contributed by atoms with Crippen LogP contribution in [-0.2, 0) is 4.79 Å². The van der Waals surface area contributed by atoms with Gasteiger partial charge in [-0.25, -0.2) is 9.55 Å². The molecule has 2 N–H and O–H groups in total. The van der Waals surface area contributed by atoms with Crippen LogP contribution >= 0.6 is 23.4 Å². The molecule has 0 aliphatic rings. The second-order valence-electron chi connectivity index (χ2n) is 7.78. The number of benzene rings is 3. The molecular weight excluding hydrogens is 500 g/mol. The summed E-state index contributed by atoms with van der Waals surface area (Å²) in [7, 11) is 3.05. The number of halogens is 1. The van der Waals surface area contributed by atoms with E-state index in [0.717, 1.165) is 22.7 Å². The predicted octanol–water partition coefficient (Wildman–Crippen LogP) is 5.27. The highest BCUT2D eigenvalue weighted by molar-refractivity contribution is 7.99. The van der Waals surface area contributed by atoms with Crippen molar-refractivity contribution in [2.45, 2.75) is 5.16 Å². The summed E-state index contributed by atoms with van der Waals surface area (Å²) in [5.41, 5.74) is 2.41. The molecule has 5 aromatic rings. The van der Waals surface area contributed by atoms with Crippen molar-refractivity contribution in [1.29, 1.82) is 0 Å². The molecule has 0 saturated carbocycles. The quantitative estimate of drug-likeness (QED) is 0.224. The minimum atomic E-state index is -0.305. The monoisotopic (exact) mass is 520 g/mol. The van der Waals surface area contributed by atoms with Crippen LogP contribution in [0.4, 0.5) is 5.69 Å². The summed E-state index contributed by atoms with van der Waals surface area (Å²) < 4.78 is 12.3. The molecule has 0 radical (unpaired) electrons. The highest BCUT2D eigenvalue weighted by Crippen LogP contribution is 2.31. The minimum absolute atomic E-state index is 0.00881. The molecule has 3 aromatic carbocycles. The summed E-state index contributed by atoms with van der Waals surface area (Å²) in [4.78, 5) is 34.6. The Morgan fingerprint density at radius 3 is 2.61 bits per heavy atom. The van der Waals surface area contributed by atoms with E-state index in [1.807, 2.05) is 36.4 Å². The fourth-order valence-corrected chi connectivity index (χ4v) is 4.93. The maximum atomic E-state index is 13.7. The first-order valence-corrected chi connectivity index (χ1v) is 12.3. The number of methoxy groups -OCH3 is 2. The molecule has 8 nitrogen and oxygen atoms in total. The number of thioether (sulfide) groups is 1. The first kappa shape index (κ1) is 23.8. The fourth-order valence-electron chi connectivity index (χ4n) is 3.96. The predicted molar refractivity (Wildman–Crippen MR) is 143 cm³/mol. The molecule has 5 rings (SSSR count). The zero-order valence-electron chi connectivity index (χ0n) is 19.4. The summed E-state index contributed by atoms with van der Waals surface area (Å²) in [6.07, 6.45) is 0. The average molecular weight is 521 g/mol. The van der Waals surface area contributed by atoms with Crippen LogP contribution in [0, 0.1) is 0 Å². The van der Waals surface area contributed by atoms with Gasteiger partial charge >= 0.3 is 0 Å². The van der Waals surface area contributed by atoms with Gasteiger partial charge in [0, 0.05) is 15.9 Å². The topological polar surface area (TPSA) is 98.2 Å². The van der Waals surface area contributed by atoms with E-state index in [-0.39, 0.29) is 17.2 Å². The normalized spacial score (nSPS) is 11.1. The van der Waals surface area contributed by atoms with E-state index in [1.54, 1.807) is 30.3 Å². The third-order valence-electron chi connectivity index (χ3n) is 5.59. The third-order valence-corrected chi connectivity index (χ3v) is 6.76. The van der Waals surface area contributed by atoms with Crippen molar-refractivity contribution in [3.8, 4) is 17.2 Å². The summed E-state index contributed by atoms with van der Waals surface area (Å²) in [6, 6.07) is 19.7. The second kappa shape index (κ2) is 9.96. The number of nitrogens with zero attached hydrogens (tertiary/aromatic N) is 2. The number of H-pyrrole nitrogens is 1. The largest absolute Gasteiger partial charge is 0.495 e. The van der Waals surface area contributed by atoms with Gasteiger partial charge in [0.05, 0.1) is 31.3 Å². The van der Waals surface area contributed by atoms with E-state index in [2.05, 4.69) is 10.3 Å². The number of hydrogen-bond donors (Lipinski definition) is 2. The van der Waals surface area contributed by atoms with Crippen LogP contribution in [0.1, 0.15) is 0 Å². The van der Waals surface area contributed by atoms with Gasteiger partial charge in [0.15, 0.2) is 5.16 Å². The molecule has 0 bridgehead atoms. The Morgan fingerprint density at radius 1 is 1.06 bits per heavy atom. The van der Waals surface area contributed by atoms with E-state index < -0.39 is 0 Å². The summed E-state index contributed by atoms with van der Waals surface area (Å²) in [5, 5.41) is 4.47. The molecular formula is C26H21ClN4O4S. The SMILES string of the molecule is COc1ccc(Cl)cc1NC(=O)CSc1nc2c([nH]c3ccccc32)c(=O)n1-c1ccccc1OC. The summed E-state index contributed by atoms with van der Waals surface area (Å²) in [6.45, 7) is 0. The van der Waals surface area contributed by atoms with Crippen molar-refractivity contribution < 1.29 is 14.3 Å². The lowest BCUT2D eigenvalue weighted by atomic mass is 10.2. The van der Waals surface area contributed by atoms with Gasteiger partial charge in [0.1, 0.15) is 22.5 Å². The Hall–Kier alpha value is -3.95. The molecule has 0 spiro atoms. The zero-order chi connectivity index (χ0) is 25.2. The van der Waals surface area contributed by atoms with E-state index in [1.165, 1.54) is 18.8 Å². The number of para-hydroxylation sites is 3. The molecule has 36 heavy (non-hydrogen) atoms. The molecule has 0 aliphatic heterocycles.